The third-order valence-corrected chi connectivity index (χ3v) is 4.62. The van der Waals surface area contributed by atoms with E-state index in [9.17, 15) is 0 Å². The lowest BCUT2D eigenvalue weighted by Gasteiger charge is -2.23. The van der Waals surface area contributed by atoms with Crippen molar-refractivity contribution < 1.29 is 0 Å². The Labute approximate surface area is 94.4 Å². The van der Waals surface area contributed by atoms with Crippen molar-refractivity contribution >= 4 is 11.8 Å². The zero-order valence-corrected chi connectivity index (χ0v) is 9.67. The van der Waals surface area contributed by atoms with Gasteiger partial charge in [0.05, 0.1) is 0 Å². The first-order valence-electron chi connectivity index (χ1n) is 5.72. The minimum absolute atomic E-state index is 0.347. The second-order valence-corrected chi connectivity index (χ2v) is 5.72. The maximum atomic E-state index is 5.97. The molecule has 15 heavy (non-hydrogen) atoms. The Hall–Kier alpha value is -0.480. The van der Waals surface area contributed by atoms with E-state index in [-0.39, 0.29) is 0 Å². The van der Waals surface area contributed by atoms with Crippen LogP contribution in [-0.2, 0) is 13.0 Å². The number of thioether (sulfide) groups is 1. The lowest BCUT2D eigenvalue weighted by molar-refractivity contribution is 0.452. The predicted molar refractivity (Wildman–Crippen MR) is 63.2 cm³/mol. The van der Waals surface area contributed by atoms with Crippen LogP contribution in [-0.4, -0.2) is 27.1 Å². The second-order valence-electron chi connectivity index (χ2n) is 4.57. The summed E-state index contributed by atoms with van der Waals surface area (Å²) < 4.78 is 2.42. The van der Waals surface area contributed by atoms with E-state index in [4.69, 9.17) is 5.73 Å². The van der Waals surface area contributed by atoms with Gasteiger partial charge in [-0.1, -0.05) is 0 Å². The van der Waals surface area contributed by atoms with Gasteiger partial charge in [0.25, 0.3) is 0 Å². The van der Waals surface area contributed by atoms with Crippen LogP contribution >= 0.6 is 11.8 Å². The van der Waals surface area contributed by atoms with Crippen molar-refractivity contribution in [1.29, 1.82) is 0 Å². The van der Waals surface area contributed by atoms with Crippen LogP contribution in [0, 0.1) is 0 Å². The third kappa shape index (κ3) is 1.70. The summed E-state index contributed by atoms with van der Waals surface area (Å²) in [5.41, 5.74) is 7.31. The van der Waals surface area contributed by atoms with Crippen LogP contribution in [0.3, 0.4) is 0 Å². The molecule has 4 heteroatoms. The highest BCUT2D eigenvalue weighted by Crippen LogP contribution is 2.33. The van der Waals surface area contributed by atoms with Crippen molar-refractivity contribution in [1.82, 2.24) is 9.55 Å². The topological polar surface area (TPSA) is 43.8 Å². The molecule has 0 saturated carbocycles. The number of nitrogens with zero attached hydrogens (tertiary/aromatic N) is 2. The van der Waals surface area contributed by atoms with E-state index in [0.29, 0.717) is 12.0 Å². The van der Waals surface area contributed by atoms with Crippen LogP contribution in [0.15, 0.2) is 6.20 Å². The number of imidazole rings is 1. The monoisotopic (exact) mass is 223 g/mol. The summed E-state index contributed by atoms with van der Waals surface area (Å²) in [6.45, 7) is 1.08. The summed E-state index contributed by atoms with van der Waals surface area (Å²) in [5.74, 6) is 4.56. The molecular formula is C11H17N3S. The largest absolute Gasteiger partial charge is 0.332 e. The molecule has 82 valence electrons. The van der Waals surface area contributed by atoms with Gasteiger partial charge >= 0.3 is 0 Å². The summed E-state index contributed by atoms with van der Waals surface area (Å²) >= 11 is 2.05. The van der Waals surface area contributed by atoms with Gasteiger partial charge in [0.1, 0.15) is 5.82 Å². The standard InChI is InChI=1S/C11H17N3S/c12-9-1-3-14-10(5-9)6-13-11(14)8-2-4-15-7-8/h6,8-9H,1-5,7,12H2. The first-order valence-corrected chi connectivity index (χ1v) is 6.87. The van der Waals surface area contributed by atoms with Crippen molar-refractivity contribution in [3.05, 3.63) is 17.7 Å². The van der Waals surface area contributed by atoms with Gasteiger partial charge in [-0.25, -0.2) is 4.98 Å². The molecule has 2 aliphatic rings. The predicted octanol–water partition coefficient (Wildman–Crippen LogP) is 1.38. The van der Waals surface area contributed by atoms with Gasteiger partial charge in [-0.3, -0.25) is 0 Å². The molecule has 3 nitrogen and oxygen atoms in total. The number of aromatic nitrogens is 2. The quantitative estimate of drug-likeness (QED) is 0.782. The fourth-order valence-electron chi connectivity index (χ4n) is 2.58. The molecule has 0 aliphatic carbocycles. The molecule has 0 amide bonds. The molecule has 0 bridgehead atoms. The van der Waals surface area contributed by atoms with Crippen molar-refractivity contribution in [2.75, 3.05) is 11.5 Å². The number of rotatable bonds is 1. The van der Waals surface area contributed by atoms with E-state index < -0.39 is 0 Å². The van der Waals surface area contributed by atoms with Crippen LogP contribution in [0.25, 0.3) is 0 Å². The van der Waals surface area contributed by atoms with Gasteiger partial charge in [-0.05, 0) is 18.6 Å². The number of hydrogen-bond acceptors (Lipinski definition) is 3. The molecule has 1 aromatic rings. The lowest BCUT2D eigenvalue weighted by atomic mass is 10.0. The van der Waals surface area contributed by atoms with Gasteiger partial charge in [-0.15, -0.1) is 0 Å². The van der Waals surface area contributed by atoms with Gasteiger partial charge in [0.15, 0.2) is 0 Å². The van der Waals surface area contributed by atoms with E-state index >= 15 is 0 Å². The van der Waals surface area contributed by atoms with Gasteiger partial charge in [-0.2, -0.15) is 11.8 Å². The maximum absolute atomic E-state index is 5.97. The first kappa shape index (κ1) is 9.73. The highest BCUT2D eigenvalue weighted by molar-refractivity contribution is 7.99. The third-order valence-electron chi connectivity index (χ3n) is 3.46. The summed E-state index contributed by atoms with van der Waals surface area (Å²) in [4.78, 5) is 4.61. The molecule has 1 saturated heterocycles. The Morgan fingerprint density at radius 2 is 2.40 bits per heavy atom. The Kier molecular flexibility index (Phi) is 2.48. The summed E-state index contributed by atoms with van der Waals surface area (Å²) in [7, 11) is 0. The zero-order valence-electron chi connectivity index (χ0n) is 8.85. The molecule has 0 spiro atoms. The fourth-order valence-corrected chi connectivity index (χ4v) is 3.80. The normalized spacial score (nSPS) is 30.5. The van der Waals surface area contributed by atoms with E-state index in [1.807, 2.05) is 6.20 Å². The summed E-state index contributed by atoms with van der Waals surface area (Å²) in [5, 5.41) is 0. The minimum Gasteiger partial charge on any atom is -0.332 e. The molecule has 2 atom stereocenters. The van der Waals surface area contributed by atoms with Crippen molar-refractivity contribution in [2.24, 2.45) is 5.73 Å². The molecule has 2 aliphatic heterocycles. The second kappa shape index (κ2) is 3.83. The van der Waals surface area contributed by atoms with Crippen LogP contribution in [0.5, 0.6) is 0 Å². The van der Waals surface area contributed by atoms with Crippen molar-refractivity contribution in [3.8, 4) is 0 Å². The maximum Gasteiger partial charge on any atom is 0.112 e. The lowest BCUT2D eigenvalue weighted by Crippen LogP contribution is -2.31. The minimum atomic E-state index is 0.347. The molecule has 3 heterocycles. The molecule has 1 fully saturated rings. The van der Waals surface area contributed by atoms with E-state index in [1.165, 1.54) is 29.4 Å². The molecule has 0 radical (unpaired) electrons. The highest BCUT2D eigenvalue weighted by atomic mass is 32.2. The van der Waals surface area contributed by atoms with Gasteiger partial charge in [0.2, 0.25) is 0 Å². The van der Waals surface area contributed by atoms with E-state index in [0.717, 1.165) is 19.4 Å². The van der Waals surface area contributed by atoms with Gasteiger partial charge in [0, 0.05) is 42.6 Å². The fraction of sp³-hybridized carbons (Fsp3) is 0.727. The van der Waals surface area contributed by atoms with Crippen LogP contribution < -0.4 is 5.73 Å². The molecule has 2 unspecified atom stereocenters. The number of fused-ring (bicyclic) bond motifs is 1. The Morgan fingerprint density at radius 3 is 3.20 bits per heavy atom. The molecular weight excluding hydrogens is 206 g/mol. The Balaban J connectivity index is 1.90. The first-order chi connectivity index (χ1) is 7.34. The SMILES string of the molecule is NC1CCn2c(cnc2C2CCSC2)C1. The van der Waals surface area contributed by atoms with E-state index in [2.05, 4.69) is 21.3 Å². The molecule has 1 aromatic heterocycles. The average Bonchev–Trinajstić information content (AvgIpc) is 2.82. The Morgan fingerprint density at radius 1 is 1.47 bits per heavy atom. The average molecular weight is 223 g/mol. The molecule has 0 aromatic carbocycles. The number of hydrogen-bond donors (Lipinski definition) is 1. The summed E-state index contributed by atoms with van der Waals surface area (Å²) in [6, 6.07) is 0.347. The highest BCUT2D eigenvalue weighted by Gasteiger charge is 2.26. The van der Waals surface area contributed by atoms with E-state index in [1.54, 1.807) is 0 Å². The van der Waals surface area contributed by atoms with Crippen LogP contribution in [0.4, 0.5) is 0 Å². The molecule has 2 N–H and O–H groups in total. The smallest absolute Gasteiger partial charge is 0.112 e. The number of nitrogens with two attached hydrogens (primary N) is 1. The van der Waals surface area contributed by atoms with Crippen molar-refractivity contribution in [3.63, 3.8) is 0 Å². The van der Waals surface area contributed by atoms with Crippen LogP contribution in [0.1, 0.15) is 30.3 Å². The van der Waals surface area contributed by atoms with Crippen LogP contribution in [0.2, 0.25) is 0 Å². The molecule has 3 rings (SSSR count). The zero-order chi connectivity index (χ0) is 10.3. The van der Waals surface area contributed by atoms with Gasteiger partial charge < -0.3 is 10.3 Å². The Bertz CT molecular complexity index is 355. The van der Waals surface area contributed by atoms with Crippen molar-refractivity contribution in [2.45, 2.75) is 37.8 Å². The summed E-state index contributed by atoms with van der Waals surface area (Å²) in [6.07, 6.45) is 5.45.